The number of rotatable bonds is 2. The Morgan fingerprint density at radius 1 is 1.25 bits per heavy atom. The second-order valence-electron chi connectivity index (χ2n) is 5.06. The van der Waals surface area contributed by atoms with Gasteiger partial charge in [0.05, 0.1) is 0 Å². The zero-order valence-electron chi connectivity index (χ0n) is 10.2. The molecule has 0 radical (unpaired) electrons. The van der Waals surface area contributed by atoms with Crippen LogP contribution >= 0.6 is 0 Å². The third kappa shape index (κ3) is 2.45. The van der Waals surface area contributed by atoms with Gasteiger partial charge in [0, 0.05) is 12.1 Å². The van der Waals surface area contributed by atoms with Gasteiger partial charge in [-0.25, -0.2) is 0 Å². The maximum atomic E-state index is 6.15. The van der Waals surface area contributed by atoms with Crippen LogP contribution in [0.5, 0.6) is 0 Å². The van der Waals surface area contributed by atoms with Crippen molar-refractivity contribution in [2.24, 2.45) is 5.73 Å². The number of nitrogens with two attached hydrogens (primary N) is 1. The van der Waals surface area contributed by atoms with Crippen LogP contribution in [0.15, 0.2) is 24.3 Å². The van der Waals surface area contributed by atoms with Crippen LogP contribution in [0.1, 0.15) is 49.8 Å². The minimum atomic E-state index is 0.263. The molecular formula is C14H22N2. The summed E-state index contributed by atoms with van der Waals surface area (Å²) < 4.78 is 0. The molecule has 1 aromatic rings. The normalized spacial score (nSPS) is 26.0. The first kappa shape index (κ1) is 11.6. The predicted molar refractivity (Wildman–Crippen MR) is 68.5 cm³/mol. The van der Waals surface area contributed by atoms with Gasteiger partial charge in [-0.2, -0.15) is 0 Å². The zero-order chi connectivity index (χ0) is 11.5. The molecular weight excluding hydrogens is 196 g/mol. The molecule has 0 saturated carbocycles. The van der Waals surface area contributed by atoms with Crippen molar-refractivity contribution in [3.05, 3.63) is 35.4 Å². The van der Waals surface area contributed by atoms with Crippen LogP contribution in [0.2, 0.25) is 0 Å². The van der Waals surface area contributed by atoms with Crippen molar-refractivity contribution in [2.75, 3.05) is 6.54 Å². The summed E-state index contributed by atoms with van der Waals surface area (Å²) in [4.78, 5) is 0. The lowest BCUT2D eigenvalue weighted by Gasteiger charge is -2.30. The highest BCUT2D eigenvalue weighted by Crippen LogP contribution is 2.24. The highest BCUT2D eigenvalue weighted by molar-refractivity contribution is 5.28. The van der Waals surface area contributed by atoms with Gasteiger partial charge < -0.3 is 11.1 Å². The Bertz CT molecular complexity index is 329. The van der Waals surface area contributed by atoms with Crippen LogP contribution in [-0.4, -0.2) is 12.6 Å². The van der Waals surface area contributed by atoms with Gasteiger partial charge in [-0.3, -0.25) is 0 Å². The van der Waals surface area contributed by atoms with E-state index in [0.717, 1.165) is 13.0 Å². The topological polar surface area (TPSA) is 38.0 Å². The van der Waals surface area contributed by atoms with E-state index in [0.29, 0.717) is 12.0 Å². The molecule has 3 N–H and O–H groups in total. The molecule has 0 bridgehead atoms. The monoisotopic (exact) mass is 218 g/mol. The molecule has 88 valence electrons. The Labute approximate surface area is 98.2 Å². The Morgan fingerprint density at radius 2 is 1.94 bits per heavy atom. The third-order valence-corrected chi connectivity index (χ3v) is 3.47. The lowest BCUT2D eigenvalue weighted by Crippen LogP contribution is -2.42. The van der Waals surface area contributed by atoms with E-state index in [2.05, 4.69) is 43.4 Å². The molecule has 0 aromatic heterocycles. The van der Waals surface area contributed by atoms with Crippen molar-refractivity contribution in [3.8, 4) is 0 Å². The van der Waals surface area contributed by atoms with Crippen molar-refractivity contribution < 1.29 is 0 Å². The summed E-state index contributed by atoms with van der Waals surface area (Å²) in [6.45, 7) is 5.53. The summed E-state index contributed by atoms with van der Waals surface area (Å²) in [7, 11) is 0. The molecule has 1 aromatic carbocycles. The third-order valence-electron chi connectivity index (χ3n) is 3.47. The van der Waals surface area contributed by atoms with Gasteiger partial charge in [0.2, 0.25) is 0 Å². The number of piperidine rings is 1. The second-order valence-corrected chi connectivity index (χ2v) is 5.06. The fraction of sp³-hybridized carbons (Fsp3) is 0.571. The van der Waals surface area contributed by atoms with Crippen LogP contribution in [0.4, 0.5) is 0 Å². The molecule has 2 unspecified atom stereocenters. The van der Waals surface area contributed by atoms with Crippen LogP contribution in [-0.2, 0) is 0 Å². The van der Waals surface area contributed by atoms with Gasteiger partial charge in [-0.05, 0) is 36.4 Å². The van der Waals surface area contributed by atoms with Gasteiger partial charge in [0.15, 0.2) is 0 Å². The molecule has 1 fully saturated rings. The molecule has 1 aliphatic heterocycles. The largest absolute Gasteiger partial charge is 0.326 e. The molecule has 0 spiro atoms. The fourth-order valence-electron chi connectivity index (χ4n) is 2.37. The number of hydrogen-bond acceptors (Lipinski definition) is 2. The Hall–Kier alpha value is -0.860. The fourth-order valence-corrected chi connectivity index (χ4v) is 2.37. The molecule has 1 heterocycles. The van der Waals surface area contributed by atoms with Crippen molar-refractivity contribution in [3.63, 3.8) is 0 Å². The second kappa shape index (κ2) is 4.98. The van der Waals surface area contributed by atoms with Crippen molar-refractivity contribution in [2.45, 2.75) is 44.7 Å². The van der Waals surface area contributed by atoms with E-state index in [4.69, 9.17) is 5.73 Å². The number of benzene rings is 1. The van der Waals surface area contributed by atoms with Crippen LogP contribution in [0.3, 0.4) is 0 Å². The average Bonchev–Trinajstić information content (AvgIpc) is 2.30. The van der Waals surface area contributed by atoms with Crippen molar-refractivity contribution >= 4 is 0 Å². The first-order chi connectivity index (χ1) is 7.68. The van der Waals surface area contributed by atoms with Crippen LogP contribution < -0.4 is 11.1 Å². The lowest BCUT2D eigenvalue weighted by molar-refractivity contribution is 0.358. The smallest absolute Gasteiger partial charge is 0.0473 e. The van der Waals surface area contributed by atoms with E-state index < -0.39 is 0 Å². The van der Waals surface area contributed by atoms with E-state index in [1.165, 1.54) is 17.5 Å². The van der Waals surface area contributed by atoms with E-state index >= 15 is 0 Å². The first-order valence-corrected chi connectivity index (χ1v) is 6.27. The van der Waals surface area contributed by atoms with E-state index in [1.807, 2.05) is 0 Å². The van der Waals surface area contributed by atoms with Gasteiger partial charge in [-0.15, -0.1) is 0 Å². The SMILES string of the molecule is CC(C)c1ccc(C2NCCCC2N)cc1. The Morgan fingerprint density at radius 3 is 2.50 bits per heavy atom. The molecule has 0 amide bonds. The molecule has 1 saturated heterocycles. The maximum Gasteiger partial charge on any atom is 0.0473 e. The standard InChI is InChI=1S/C14H22N2/c1-10(2)11-5-7-12(8-6-11)14-13(15)4-3-9-16-14/h5-8,10,13-14,16H,3-4,9,15H2,1-2H3. The summed E-state index contributed by atoms with van der Waals surface area (Å²) in [6, 6.07) is 9.50. The summed E-state index contributed by atoms with van der Waals surface area (Å²) in [5.41, 5.74) is 8.87. The highest BCUT2D eigenvalue weighted by Gasteiger charge is 2.22. The van der Waals surface area contributed by atoms with E-state index in [1.54, 1.807) is 0 Å². The minimum Gasteiger partial charge on any atom is -0.326 e. The highest BCUT2D eigenvalue weighted by atomic mass is 15.0. The van der Waals surface area contributed by atoms with Crippen molar-refractivity contribution in [1.82, 2.24) is 5.32 Å². The van der Waals surface area contributed by atoms with E-state index in [9.17, 15) is 0 Å². The Balaban J connectivity index is 2.14. The predicted octanol–water partition coefficient (Wildman–Crippen LogP) is 2.56. The molecule has 2 heteroatoms. The average molecular weight is 218 g/mol. The molecule has 2 atom stereocenters. The number of hydrogen-bond donors (Lipinski definition) is 2. The van der Waals surface area contributed by atoms with Gasteiger partial charge in [0.1, 0.15) is 0 Å². The lowest BCUT2D eigenvalue weighted by atomic mass is 9.91. The summed E-state index contributed by atoms with van der Waals surface area (Å²) in [5.74, 6) is 0.599. The first-order valence-electron chi connectivity index (χ1n) is 6.27. The quantitative estimate of drug-likeness (QED) is 0.800. The summed E-state index contributed by atoms with van der Waals surface area (Å²) in [5, 5.41) is 3.51. The van der Waals surface area contributed by atoms with Crippen molar-refractivity contribution in [1.29, 1.82) is 0 Å². The molecule has 2 rings (SSSR count). The molecule has 1 aliphatic rings. The van der Waals surface area contributed by atoms with Crippen LogP contribution in [0.25, 0.3) is 0 Å². The molecule has 0 aliphatic carbocycles. The Kier molecular flexibility index (Phi) is 3.62. The summed E-state index contributed by atoms with van der Waals surface area (Å²) >= 11 is 0. The maximum absolute atomic E-state index is 6.15. The minimum absolute atomic E-state index is 0.263. The summed E-state index contributed by atoms with van der Waals surface area (Å²) in [6.07, 6.45) is 2.32. The number of nitrogens with one attached hydrogen (secondary N) is 1. The molecule has 16 heavy (non-hydrogen) atoms. The molecule has 2 nitrogen and oxygen atoms in total. The van der Waals surface area contributed by atoms with Gasteiger partial charge >= 0.3 is 0 Å². The van der Waals surface area contributed by atoms with Gasteiger partial charge in [-0.1, -0.05) is 38.1 Å². The van der Waals surface area contributed by atoms with Gasteiger partial charge in [0.25, 0.3) is 0 Å². The van der Waals surface area contributed by atoms with E-state index in [-0.39, 0.29) is 6.04 Å². The zero-order valence-corrected chi connectivity index (χ0v) is 10.2. The van der Waals surface area contributed by atoms with Crippen LogP contribution in [0, 0.1) is 0 Å².